The van der Waals surface area contributed by atoms with Gasteiger partial charge in [-0.05, 0) is 50.1 Å². The van der Waals surface area contributed by atoms with E-state index in [0.29, 0.717) is 47.4 Å². The molecule has 160 valence electrons. The van der Waals surface area contributed by atoms with Crippen molar-refractivity contribution in [1.82, 2.24) is 4.90 Å². The highest BCUT2D eigenvalue weighted by atomic mass is 35.5. The molecule has 2 aromatic rings. The van der Waals surface area contributed by atoms with Crippen LogP contribution < -0.4 is 10.1 Å². The van der Waals surface area contributed by atoms with Crippen molar-refractivity contribution in [2.75, 3.05) is 25.5 Å². The molecule has 0 radical (unpaired) electrons. The maximum atomic E-state index is 12.9. The molecule has 1 heterocycles. The molecule has 1 N–H and O–H groups in total. The summed E-state index contributed by atoms with van der Waals surface area (Å²) in [6, 6.07) is 12.6. The van der Waals surface area contributed by atoms with E-state index < -0.39 is 0 Å². The zero-order chi connectivity index (χ0) is 21.7. The van der Waals surface area contributed by atoms with E-state index in [1.54, 1.807) is 25.3 Å². The van der Waals surface area contributed by atoms with Crippen molar-refractivity contribution in [2.24, 2.45) is 5.92 Å². The number of thioether (sulfide) groups is 1. The van der Waals surface area contributed by atoms with E-state index in [1.165, 1.54) is 11.8 Å². The van der Waals surface area contributed by atoms with Gasteiger partial charge in [-0.15, -0.1) is 11.8 Å². The first-order valence-electron chi connectivity index (χ1n) is 9.73. The second-order valence-corrected chi connectivity index (χ2v) is 9.35. The third kappa shape index (κ3) is 5.62. The average molecular weight is 467 g/mol. The number of carbonyl (C=O) groups excluding carboxylic acids is 2. The first kappa shape index (κ1) is 22.8. The average Bonchev–Trinajstić information content (AvgIpc) is 2.76. The summed E-state index contributed by atoms with van der Waals surface area (Å²) in [5.41, 5.74) is 0.659. The van der Waals surface area contributed by atoms with Crippen LogP contribution in [0, 0.1) is 5.92 Å². The Hall–Kier alpha value is -1.89. The number of carbonyl (C=O) groups is 2. The molecule has 1 fully saturated rings. The number of nitrogens with one attached hydrogen (secondary N) is 1. The molecule has 0 bridgehead atoms. The lowest BCUT2D eigenvalue weighted by molar-refractivity contribution is -0.133. The van der Waals surface area contributed by atoms with Gasteiger partial charge < -0.3 is 15.0 Å². The van der Waals surface area contributed by atoms with Crippen LogP contribution in [0.5, 0.6) is 5.75 Å². The first-order valence-corrected chi connectivity index (χ1v) is 11.4. The lowest BCUT2D eigenvalue weighted by atomic mass is 9.95. The second kappa shape index (κ2) is 10.4. The number of benzene rings is 2. The number of halogens is 2. The van der Waals surface area contributed by atoms with E-state index in [1.807, 2.05) is 36.1 Å². The number of anilines is 1. The van der Waals surface area contributed by atoms with E-state index in [9.17, 15) is 9.59 Å². The summed E-state index contributed by atoms with van der Waals surface area (Å²) in [5, 5.41) is 3.82. The molecular weight excluding hydrogens is 443 g/mol. The van der Waals surface area contributed by atoms with Gasteiger partial charge in [0.15, 0.2) is 0 Å². The Morgan fingerprint density at radius 1 is 1.17 bits per heavy atom. The van der Waals surface area contributed by atoms with Crippen molar-refractivity contribution in [1.29, 1.82) is 0 Å². The monoisotopic (exact) mass is 466 g/mol. The number of para-hydroxylation sites is 2. The van der Waals surface area contributed by atoms with Crippen LogP contribution in [-0.4, -0.2) is 42.2 Å². The quantitative estimate of drug-likeness (QED) is 0.582. The molecule has 0 spiro atoms. The molecular formula is C22H24Cl2N2O3S. The van der Waals surface area contributed by atoms with Gasteiger partial charge in [0.2, 0.25) is 11.8 Å². The highest BCUT2D eigenvalue weighted by molar-refractivity contribution is 8.00. The molecule has 8 heteroatoms. The number of likely N-dealkylation sites (tertiary alicyclic amines) is 1. The topological polar surface area (TPSA) is 58.6 Å². The molecule has 2 amide bonds. The number of hydrogen-bond donors (Lipinski definition) is 1. The Morgan fingerprint density at radius 3 is 2.57 bits per heavy atom. The largest absolute Gasteiger partial charge is 0.495 e. The number of amides is 2. The van der Waals surface area contributed by atoms with Crippen molar-refractivity contribution in [3.05, 3.63) is 52.5 Å². The van der Waals surface area contributed by atoms with Gasteiger partial charge in [0.25, 0.3) is 0 Å². The summed E-state index contributed by atoms with van der Waals surface area (Å²) >= 11 is 13.7. The molecule has 0 aliphatic carbocycles. The van der Waals surface area contributed by atoms with Crippen LogP contribution in [0.25, 0.3) is 0 Å². The zero-order valence-corrected chi connectivity index (χ0v) is 19.2. The maximum absolute atomic E-state index is 12.9. The normalized spacial score (nSPS) is 15.5. The fourth-order valence-electron chi connectivity index (χ4n) is 3.41. The predicted molar refractivity (Wildman–Crippen MR) is 123 cm³/mol. The lowest BCUT2D eigenvalue weighted by Crippen LogP contribution is -2.44. The number of hydrogen-bond acceptors (Lipinski definition) is 4. The smallest absolute Gasteiger partial charge is 0.235 e. The Kier molecular flexibility index (Phi) is 7.92. The van der Waals surface area contributed by atoms with Gasteiger partial charge in [0, 0.05) is 28.9 Å². The predicted octanol–water partition coefficient (Wildman–Crippen LogP) is 5.36. The van der Waals surface area contributed by atoms with Crippen molar-refractivity contribution in [3.8, 4) is 5.75 Å². The Morgan fingerprint density at radius 2 is 1.87 bits per heavy atom. The van der Waals surface area contributed by atoms with Gasteiger partial charge in [0.05, 0.1) is 23.1 Å². The minimum Gasteiger partial charge on any atom is -0.495 e. The minimum atomic E-state index is -0.292. The summed E-state index contributed by atoms with van der Waals surface area (Å²) in [6.45, 7) is 2.97. The van der Waals surface area contributed by atoms with Crippen LogP contribution in [0.2, 0.25) is 10.0 Å². The van der Waals surface area contributed by atoms with E-state index >= 15 is 0 Å². The van der Waals surface area contributed by atoms with Gasteiger partial charge in [0.1, 0.15) is 5.75 Å². The van der Waals surface area contributed by atoms with Gasteiger partial charge >= 0.3 is 0 Å². The van der Waals surface area contributed by atoms with Crippen molar-refractivity contribution in [3.63, 3.8) is 0 Å². The summed E-state index contributed by atoms with van der Waals surface area (Å²) in [6.07, 6.45) is 1.25. The number of methoxy groups -OCH3 is 1. The van der Waals surface area contributed by atoms with E-state index in [0.717, 1.165) is 4.90 Å². The molecule has 5 nitrogen and oxygen atoms in total. The minimum absolute atomic E-state index is 0.0413. The zero-order valence-electron chi connectivity index (χ0n) is 16.9. The Balaban J connectivity index is 1.53. The molecule has 1 saturated heterocycles. The first-order chi connectivity index (χ1) is 14.4. The third-order valence-electron chi connectivity index (χ3n) is 5.09. The summed E-state index contributed by atoms with van der Waals surface area (Å²) in [5.74, 6) is 0.493. The number of piperidine rings is 1. The van der Waals surface area contributed by atoms with Crippen LogP contribution in [0.3, 0.4) is 0 Å². The molecule has 2 aromatic carbocycles. The van der Waals surface area contributed by atoms with Gasteiger partial charge in [-0.2, -0.15) is 0 Å². The maximum Gasteiger partial charge on any atom is 0.235 e. The van der Waals surface area contributed by atoms with E-state index in [-0.39, 0.29) is 23.0 Å². The van der Waals surface area contributed by atoms with Crippen LogP contribution in [0.1, 0.15) is 19.8 Å². The summed E-state index contributed by atoms with van der Waals surface area (Å²) in [4.78, 5) is 28.1. The summed E-state index contributed by atoms with van der Waals surface area (Å²) in [7, 11) is 1.57. The lowest BCUT2D eigenvalue weighted by Gasteiger charge is -2.33. The van der Waals surface area contributed by atoms with E-state index in [2.05, 4.69) is 5.32 Å². The number of rotatable bonds is 6. The fraction of sp³-hybridized carbons (Fsp3) is 0.364. The van der Waals surface area contributed by atoms with Crippen molar-refractivity contribution in [2.45, 2.75) is 29.9 Å². The third-order valence-corrected chi connectivity index (χ3v) is 6.91. The van der Waals surface area contributed by atoms with Crippen molar-refractivity contribution >= 4 is 52.5 Å². The van der Waals surface area contributed by atoms with Gasteiger partial charge in [-0.3, -0.25) is 9.59 Å². The Bertz CT molecular complexity index is 917. The van der Waals surface area contributed by atoms with E-state index in [4.69, 9.17) is 27.9 Å². The molecule has 1 atom stereocenters. The standard InChI is InChI=1S/C22H24Cl2N2O3S/c1-14(30-20-13-16(23)7-8-17(20)24)22(28)26-11-9-15(10-12-26)21(27)25-18-5-3-4-6-19(18)29-2/h3-8,13-15H,9-12H2,1-2H3,(H,25,27). The van der Waals surface area contributed by atoms with Crippen LogP contribution in [-0.2, 0) is 9.59 Å². The van der Waals surface area contributed by atoms with Crippen LogP contribution in [0.15, 0.2) is 47.4 Å². The molecule has 0 saturated carbocycles. The molecule has 3 rings (SSSR count). The van der Waals surface area contributed by atoms with Gasteiger partial charge in [-0.25, -0.2) is 0 Å². The number of ether oxygens (including phenoxy) is 1. The van der Waals surface area contributed by atoms with Crippen molar-refractivity contribution < 1.29 is 14.3 Å². The molecule has 30 heavy (non-hydrogen) atoms. The fourth-order valence-corrected chi connectivity index (χ4v) is 4.90. The highest BCUT2D eigenvalue weighted by Gasteiger charge is 2.30. The summed E-state index contributed by atoms with van der Waals surface area (Å²) < 4.78 is 5.29. The number of nitrogens with zero attached hydrogens (tertiary/aromatic N) is 1. The SMILES string of the molecule is COc1ccccc1NC(=O)C1CCN(C(=O)C(C)Sc2cc(Cl)ccc2Cl)CC1. The second-order valence-electron chi connectivity index (χ2n) is 7.12. The molecule has 1 aliphatic heterocycles. The molecule has 1 aliphatic rings. The molecule has 0 aromatic heterocycles. The van der Waals surface area contributed by atoms with Crippen LogP contribution in [0.4, 0.5) is 5.69 Å². The van der Waals surface area contributed by atoms with Crippen LogP contribution >= 0.6 is 35.0 Å². The molecule has 1 unspecified atom stereocenters. The Labute approximate surface area is 191 Å². The van der Waals surface area contributed by atoms with Gasteiger partial charge in [-0.1, -0.05) is 35.3 Å². The highest BCUT2D eigenvalue weighted by Crippen LogP contribution is 2.34.